The maximum Gasteiger partial charge on any atom is 0.125 e. The van der Waals surface area contributed by atoms with E-state index in [0.29, 0.717) is 6.54 Å². The number of rotatable bonds is 4. The molecule has 1 aromatic carbocycles. The first-order valence-corrected chi connectivity index (χ1v) is 7.86. The number of nitrogens with one attached hydrogen (secondary N) is 4. The first kappa shape index (κ1) is 13.7. The summed E-state index contributed by atoms with van der Waals surface area (Å²) in [5.41, 5.74) is 4.48. The van der Waals surface area contributed by atoms with Gasteiger partial charge in [-0.25, -0.2) is 4.98 Å². The van der Waals surface area contributed by atoms with Gasteiger partial charge in [0.25, 0.3) is 0 Å². The maximum atomic E-state index is 4.44. The number of hydrogen-bond donors (Lipinski definition) is 4. The van der Waals surface area contributed by atoms with E-state index in [-0.39, 0.29) is 0 Å². The molecule has 0 saturated heterocycles. The molecule has 0 unspecified atom stereocenters. The Balaban J connectivity index is 1.40. The van der Waals surface area contributed by atoms with Crippen molar-refractivity contribution in [2.45, 2.75) is 19.4 Å². The molecule has 0 radical (unpaired) electrons. The first-order valence-electron chi connectivity index (χ1n) is 7.86. The Bertz CT molecular complexity index is 783. The van der Waals surface area contributed by atoms with Crippen LogP contribution in [0.2, 0.25) is 0 Å². The minimum atomic E-state index is 0.639. The molecule has 2 aromatic rings. The smallest absolute Gasteiger partial charge is 0.125 e. The van der Waals surface area contributed by atoms with E-state index in [1.807, 2.05) is 30.6 Å². The van der Waals surface area contributed by atoms with Crippen molar-refractivity contribution in [2.24, 2.45) is 0 Å². The molecule has 23 heavy (non-hydrogen) atoms. The third-order valence-corrected chi connectivity index (χ3v) is 3.95. The summed E-state index contributed by atoms with van der Waals surface area (Å²) < 4.78 is 0. The molecule has 0 atom stereocenters. The first-order chi connectivity index (χ1) is 11.4. The predicted molar refractivity (Wildman–Crippen MR) is 90.6 cm³/mol. The van der Waals surface area contributed by atoms with Crippen molar-refractivity contribution in [2.75, 3.05) is 0 Å². The van der Waals surface area contributed by atoms with E-state index in [1.165, 1.54) is 0 Å². The Morgan fingerprint density at radius 1 is 1.04 bits per heavy atom. The zero-order valence-corrected chi connectivity index (χ0v) is 12.8. The molecule has 0 bridgehead atoms. The molecule has 0 amide bonds. The average Bonchev–Trinajstić information content (AvgIpc) is 3.10. The van der Waals surface area contributed by atoms with Crippen LogP contribution in [0.5, 0.6) is 0 Å². The van der Waals surface area contributed by atoms with E-state index in [0.717, 1.165) is 47.1 Å². The van der Waals surface area contributed by atoms with E-state index in [1.54, 1.807) is 0 Å². The predicted octanol–water partition coefficient (Wildman–Crippen LogP) is 2.72. The van der Waals surface area contributed by atoms with Gasteiger partial charge in [0, 0.05) is 6.20 Å². The van der Waals surface area contributed by atoms with Crippen molar-refractivity contribution < 1.29 is 0 Å². The van der Waals surface area contributed by atoms with Gasteiger partial charge in [-0.3, -0.25) is 0 Å². The van der Waals surface area contributed by atoms with E-state index >= 15 is 0 Å². The number of allylic oxidation sites excluding steroid dienone is 2. The minimum Gasteiger partial charge on any atom is -0.363 e. The fourth-order valence-electron chi connectivity index (χ4n) is 2.75. The molecule has 1 aliphatic carbocycles. The highest BCUT2D eigenvalue weighted by Gasteiger charge is 2.14. The Morgan fingerprint density at radius 2 is 1.87 bits per heavy atom. The van der Waals surface area contributed by atoms with Gasteiger partial charge in [0.05, 0.1) is 29.8 Å². The number of hydrogen-bond acceptors (Lipinski definition) is 4. The Morgan fingerprint density at radius 3 is 2.74 bits per heavy atom. The number of aromatic amines is 1. The van der Waals surface area contributed by atoms with Crippen LogP contribution in [0.25, 0.3) is 11.3 Å². The van der Waals surface area contributed by atoms with Crippen molar-refractivity contribution in [3.05, 3.63) is 77.9 Å². The van der Waals surface area contributed by atoms with Gasteiger partial charge in [-0.2, -0.15) is 0 Å². The Labute approximate surface area is 135 Å². The number of benzene rings is 1. The molecule has 1 aliphatic heterocycles. The molecule has 0 fully saturated rings. The van der Waals surface area contributed by atoms with Gasteiger partial charge in [-0.1, -0.05) is 42.5 Å². The van der Waals surface area contributed by atoms with Crippen LogP contribution >= 0.6 is 0 Å². The monoisotopic (exact) mass is 305 g/mol. The fraction of sp³-hybridized carbons (Fsp3) is 0.167. The summed E-state index contributed by atoms with van der Waals surface area (Å²) >= 11 is 0. The highest BCUT2D eigenvalue weighted by atomic mass is 15.2. The summed E-state index contributed by atoms with van der Waals surface area (Å²) in [6, 6.07) is 10.2. The van der Waals surface area contributed by atoms with E-state index in [4.69, 9.17) is 0 Å². The largest absolute Gasteiger partial charge is 0.363 e. The topological polar surface area (TPSA) is 64.8 Å². The quantitative estimate of drug-likeness (QED) is 0.701. The molecule has 4 N–H and O–H groups in total. The van der Waals surface area contributed by atoms with E-state index in [2.05, 4.69) is 50.2 Å². The standard InChI is InChI=1S/C18H19N5/c1-2-6-13(7-3-1)16-10-20-18(23-16)12-21-17-11-19-14-8-4-5-9-15(14)22-17/h1-3,6-11,19,21-22H,4-5,12H2,(H,20,23). The van der Waals surface area contributed by atoms with Crippen LogP contribution in [0.4, 0.5) is 0 Å². The molecular formula is C18H19N5. The van der Waals surface area contributed by atoms with Crippen LogP contribution in [0.1, 0.15) is 18.7 Å². The Hall–Kier alpha value is -2.95. The van der Waals surface area contributed by atoms with Crippen molar-refractivity contribution in [1.82, 2.24) is 25.9 Å². The molecule has 0 spiro atoms. The summed E-state index contributed by atoms with van der Waals surface area (Å²) in [6.45, 7) is 0.639. The van der Waals surface area contributed by atoms with Crippen LogP contribution in [0.3, 0.4) is 0 Å². The Kier molecular flexibility index (Phi) is 3.60. The number of H-pyrrole nitrogens is 1. The lowest BCUT2D eigenvalue weighted by atomic mass is 10.1. The van der Waals surface area contributed by atoms with Crippen molar-refractivity contribution >= 4 is 0 Å². The van der Waals surface area contributed by atoms with Gasteiger partial charge in [-0.15, -0.1) is 0 Å². The molecule has 1 aromatic heterocycles. The highest BCUT2D eigenvalue weighted by molar-refractivity contribution is 5.57. The minimum absolute atomic E-state index is 0.639. The van der Waals surface area contributed by atoms with Crippen molar-refractivity contribution in [3.63, 3.8) is 0 Å². The summed E-state index contributed by atoms with van der Waals surface area (Å²) in [5.74, 6) is 1.86. The summed E-state index contributed by atoms with van der Waals surface area (Å²) in [4.78, 5) is 7.79. The zero-order valence-electron chi connectivity index (χ0n) is 12.8. The van der Waals surface area contributed by atoms with Crippen LogP contribution in [-0.4, -0.2) is 9.97 Å². The second-order valence-electron chi connectivity index (χ2n) is 5.60. The average molecular weight is 305 g/mol. The summed E-state index contributed by atoms with van der Waals surface area (Å²) in [5, 5.41) is 10.1. The van der Waals surface area contributed by atoms with Gasteiger partial charge >= 0.3 is 0 Å². The van der Waals surface area contributed by atoms with E-state index in [9.17, 15) is 0 Å². The highest BCUT2D eigenvalue weighted by Crippen LogP contribution is 2.18. The second-order valence-corrected chi connectivity index (χ2v) is 5.60. The van der Waals surface area contributed by atoms with Gasteiger partial charge in [0.1, 0.15) is 11.6 Å². The molecule has 116 valence electrons. The van der Waals surface area contributed by atoms with E-state index < -0.39 is 0 Å². The van der Waals surface area contributed by atoms with Crippen LogP contribution < -0.4 is 16.0 Å². The number of fused-ring (bicyclic) bond motifs is 1. The molecule has 5 nitrogen and oxygen atoms in total. The third-order valence-electron chi connectivity index (χ3n) is 3.95. The lowest BCUT2D eigenvalue weighted by Crippen LogP contribution is -2.35. The molecule has 4 rings (SSSR count). The van der Waals surface area contributed by atoms with Gasteiger partial charge in [0.15, 0.2) is 0 Å². The number of imidazole rings is 1. The fourth-order valence-corrected chi connectivity index (χ4v) is 2.75. The summed E-state index contributed by atoms with van der Waals surface area (Å²) in [7, 11) is 0. The van der Waals surface area contributed by atoms with Crippen molar-refractivity contribution in [1.29, 1.82) is 0 Å². The maximum absolute atomic E-state index is 4.44. The molecule has 5 heteroatoms. The number of aromatic nitrogens is 2. The van der Waals surface area contributed by atoms with Crippen LogP contribution in [0, 0.1) is 0 Å². The lowest BCUT2D eigenvalue weighted by Gasteiger charge is -2.25. The van der Waals surface area contributed by atoms with Crippen LogP contribution in [-0.2, 0) is 6.54 Å². The molecular weight excluding hydrogens is 286 g/mol. The lowest BCUT2D eigenvalue weighted by molar-refractivity contribution is 0.676. The molecule has 2 heterocycles. The van der Waals surface area contributed by atoms with Crippen molar-refractivity contribution in [3.8, 4) is 11.3 Å². The summed E-state index contributed by atoms with van der Waals surface area (Å²) in [6.07, 6.45) is 10.4. The van der Waals surface area contributed by atoms with Gasteiger partial charge in [0.2, 0.25) is 0 Å². The zero-order chi connectivity index (χ0) is 15.5. The normalized spacial score (nSPS) is 16.3. The molecule has 2 aliphatic rings. The number of nitrogens with zero attached hydrogens (tertiary/aromatic N) is 1. The third kappa shape index (κ3) is 2.99. The SMILES string of the molecule is C1=C(NCc2ncc(-c3ccccc3)[nH]2)NC2=CCCC=C2N1. The van der Waals surface area contributed by atoms with Gasteiger partial charge in [-0.05, 0) is 18.4 Å². The van der Waals surface area contributed by atoms with Gasteiger partial charge < -0.3 is 20.9 Å². The molecule has 0 saturated carbocycles. The second kappa shape index (κ2) is 6.04. The van der Waals surface area contributed by atoms with Crippen LogP contribution in [0.15, 0.2) is 72.1 Å².